The molecule has 0 aliphatic heterocycles. The number of carbonyl (C=O) groups is 1. The summed E-state index contributed by atoms with van der Waals surface area (Å²) in [5.41, 5.74) is 8.68. The van der Waals surface area contributed by atoms with E-state index in [0.717, 1.165) is 60.4 Å². The Morgan fingerprint density at radius 2 is 1.51 bits per heavy atom. The zero-order chi connectivity index (χ0) is 36.6. The van der Waals surface area contributed by atoms with Crippen molar-refractivity contribution >= 4 is 44.3 Å². The average molecular weight is 699 g/mol. The van der Waals surface area contributed by atoms with Crippen LogP contribution in [0.5, 0.6) is 0 Å². The van der Waals surface area contributed by atoms with Crippen LogP contribution < -0.4 is 0 Å². The van der Waals surface area contributed by atoms with E-state index in [0.29, 0.717) is 22.4 Å². The monoisotopic (exact) mass is 698 g/mol. The molecule has 0 fully saturated rings. The molecule has 0 bridgehead atoms. The van der Waals surface area contributed by atoms with Gasteiger partial charge >= 0.3 is 18.3 Å². The van der Waals surface area contributed by atoms with E-state index in [9.17, 15) is 27.5 Å². The van der Waals surface area contributed by atoms with Gasteiger partial charge in [0.15, 0.2) is 0 Å². The number of aromatic nitrogens is 1. The van der Waals surface area contributed by atoms with Crippen LogP contribution in [0.4, 0.5) is 17.6 Å². The fraction of sp³-hybridized carbons (Fsp3) is 0.268. The molecule has 51 heavy (non-hydrogen) atoms. The van der Waals surface area contributed by atoms with Crippen LogP contribution in [-0.2, 0) is 20.9 Å². The molecule has 0 saturated heterocycles. The molecule has 10 heteroatoms. The van der Waals surface area contributed by atoms with Gasteiger partial charge in [0.05, 0.1) is 12.1 Å². The Kier molecular flexibility index (Phi) is 10.0. The van der Waals surface area contributed by atoms with Crippen molar-refractivity contribution in [1.29, 1.82) is 0 Å². The van der Waals surface area contributed by atoms with Gasteiger partial charge in [0.1, 0.15) is 18.4 Å². The molecule has 0 amide bonds. The summed E-state index contributed by atoms with van der Waals surface area (Å²) in [4.78, 5) is 17.0. The van der Waals surface area contributed by atoms with E-state index in [2.05, 4.69) is 5.16 Å². The molecular formula is C41H38F4N2O4. The molecule has 1 unspecified atom stereocenters. The largest absolute Gasteiger partial charge is 0.384 e. The molecule has 6 aromatic rings. The van der Waals surface area contributed by atoms with E-state index in [4.69, 9.17) is 9.57 Å². The summed E-state index contributed by atoms with van der Waals surface area (Å²) in [6.45, 7) is 7.57. The normalized spacial score (nSPS) is 13.1. The maximum absolute atomic E-state index is 13.7. The minimum Gasteiger partial charge on any atom is -0.384 e. The zero-order valence-electron chi connectivity index (χ0n) is 28.9. The van der Waals surface area contributed by atoms with Gasteiger partial charge in [0, 0.05) is 46.3 Å². The minimum absolute atomic E-state index is 0.0763. The number of aliphatic hydroxyl groups is 1. The van der Waals surface area contributed by atoms with E-state index in [1.54, 1.807) is 0 Å². The number of hydrogen-bond acceptors (Lipinski definition) is 5. The number of ether oxygens (including phenoxy) is 1. The zero-order valence-corrected chi connectivity index (χ0v) is 28.9. The van der Waals surface area contributed by atoms with Gasteiger partial charge in [-0.25, -0.2) is 13.6 Å². The second kappa shape index (κ2) is 14.3. The van der Waals surface area contributed by atoms with Gasteiger partial charge in [-0.2, -0.15) is 8.78 Å². The molecule has 1 N–H and O–H groups in total. The quantitative estimate of drug-likeness (QED) is 0.0481. The van der Waals surface area contributed by atoms with Gasteiger partial charge in [-0.05, 0) is 79.1 Å². The number of carbonyl (C=O) groups excluding carboxylic acids is 1. The summed E-state index contributed by atoms with van der Waals surface area (Å²) >= 11 is 0. The maximum Gasteiger partial charge on any atom is 0.332 e. The first kappa shape index (κ1) is 35.8. The topological polar surface area (TPSA) is 73.0 Å². The van der Waals surface area contributed by atoms with Crippen molar-refractivity contribution in [3.05, 3.63) is 129 Å². The summed E-state index contributed by atoms with van der Waals surface area (Å²) in [6, 6.07) is 26.8. The molecule has 1 heterocycles. The fourth-order valence-electron chi connectivity index (χ4n) is 7.01. The van der Waals surface area contributed by atoms with Gasteiger partial charge in [0.2, 0.25) is 0 Å². The van der Waals surface area contributed by atoms with Crippen molar-refractivity contribution in [3.8, 4) is 0 Å². The molecule has 0 saturated carbocycles. The molecule has 5 aromatic carbocycles. The highest BCUT2D eigenvalue weighted by atomic mass is 19.3. The number of halogens is 4. The lowest BCUT2D eigenvalue weighted by Gasteiger charge is -2.20. The number of oxime groups is 1. The first-order valence-corrected chi connectivity index (χ1v) is 16.6. The Labute approximate surface area is 292 Å². The van der Waals surface area contributed by atoms with Crippen molar-refractivity contribution in [2.45, 2.75) is 59.6 Å². The number of aryl methyl sites for hydroxylation is 4. The molecule has 0 spiro atoms. The minimum atomic E-state index is -4.27. The second-order valence-corrected chi connectivity index (χ2v) is 13.0. The van der Waals surface area contributed by atoms with E-state index in [1.165, 1.54) is 6.92 Å². The van der Waals surface area contributed by atoms with Crippen molar-refractivity contribution in [2.75, 3.05) is 13.2 Å². The first-order chi connectivity index (χ1) is 24.3. The molecule has 1 atom stereocenters. The van der Waals surface area contributed by atoms with Crippen molar-refractivity contribution in [3.63, 3.8) is 0 Å². The smallest absolute Gasteiger partial charge is 0.332 e. The Balaban J connectivity index is 1.60. The van der Waals surface area contributed by atoms with E-state index < -0.39 is 31.0 Å². The first-order valence-electron chi connectivity index (χ1n) is 16.6. The Morgan fingerprint density at radius 3 is 2.18 bits per heavy atom. The second-order valence-electron chi connectivity index (χ2n) is 13.0. The van der Waals surface area contributed by atoms with E-state index in [-0.39, 0.29) is 13.2 Å². The third kappa shape index (κ3) is 6.98. The Morgan fingerprint density at radius 1 is 0.843 bits per heavy atom. The predicted octanol–water partition coefficient (Wildman–Crippen LogP) is 9.50. The summed E-state index contributed by atoms with van der Waals surface area (Å²) < 4.78 is 60.2. The third-order valence-corrected chi connectivity index (χ3v) is 9.21. The van der Waals surface area contributed by atoms with Crippen LogP contribution in [0.15, 0.2) is 90.1 Å². The van der Waals surface area contributed by atoms with Gasteiger partial charge < -0.3 is 19.2 Å². The lowest BCUT2D eigenvalue weighted by Crippen LogP contribution is -2.32. The summed E-state index contributed by atoms with van der Waals surface area (Å²) in [6.07, 6.45) is -4.82. The van der Waals surface area contributed by atoms with Gasteiger partial charge in [-0.1, -0.05) is 77.4 Å². The van der Waals surface area contributed by atoms with Gasteiger partial charge in [-0.15, -0.1) is 0 Å². The van der Waals surface area contributed by atoms with Crippen LogP contribution in [0.3, 0.4) is 0 Å². The Bertz CT molecular complexity index is 2290. The Hall–Kier alpha value is -5.06. The van der Waals surface area contributed by atoms with Crippen LogP contribution in [0.25, 0.3) is 32.6 Å². The number of nitrogens with zero attached hydrogens (tertiary/aromatic N) is 2. The molecule has 1 aromatic heterocycles. The highest BCUT2D eigenvalue weighted by molar-refractivity contribution is 6.21. The summed E-state index contributed by atoms with van der Waals surface area (Å²) in [5, 5.41) is 19.4. The van der Waals surface area contributed by atoms with Crippen molar-refractivity contribution in [2.24, 2.45) is 5.16 Å². The van der Waals surface area contributed by atoms with Crippen LogP contribution in [0.2, 0.25) is 0 Å². The molecule has 6 nitrogen and oxygen atoms in total. The average Bonchev–Trinajstić information content (AvgIpc) is 3.39. The number of alkyl halides is 4. The van der Waals surface area contributed by atoms with Gasteiger partial charge in [0.25, 0.3) is 0 Å². The number of hydrogen-bond donors (Lipinski definition) is 1. The molecule has 0 radical (unpaired) electrons. The highest BCUT2D eigenvalue weighted by Crippen LogP contribution is 2.41. The fourth-order valence-corrected chi connectivity index (χ4v) is 7.01. The highest BCUT2D eigenvalue weighted by Gasteiger charge is 2.41. The third-order valence-electron chi connectivity index (χ3n) is 9.21. The number of aliphatic hydroxyl groups excluding tert-OH is 1. The molecule has 264 valence electrons. The number of rotatable bonds is 11. The van der Waals surface area contributed by atoms with Crippen LogP contribution >= 0.6 is 0 Å². The van der Waals surface area contributed by atoms with Crippen molar-refractivity contribution in [1.82, 2.24) is 4.57 Å². The van der Waals surface area contributed by atoms with Crippen LogP contribution in [0, 0.1) is 27.7 Å². The van der Waals surface area contributed by atoms with Gasteiger partial charge in [-0.3, -0.25) is 0 Å². The summed E-state index contributed by atoms with van der Waals surface area (Å²) in [5.74, 6) is -4.85. The van der Waals surface area contributed by atoms with E-state index >= 15 is 0 Å². The standard InChI is InChI=1S/C41H38F4N2O4/c1-23-18-25(3)36(26(4)19-23)39(49)34-21-33-32-20-28(37(46-51-27(5)48)29-11-7-6-10-24(29)2)14-15-35(32)47(16-17-50-22-41(44,45)40(42)43)38(33)31-13-9-8-12-30(31)34/h6-15,18-21,39-40,49H,16-17,22H2,1-5H3/b46-37+. The SMILES string of the molecule is CC(=O)O/N=C(\c1ccc2c(c1)c1cc(C(O)c3c(C)cc(C)cc3C)c3ccccc3c1n2CCOCC(F)(F)C(F)F)c1ccccc1C. The number of benzene rings is 5. The lowest BCUT2D eigenvalue weighted by molar-refractivity contribution is -0.166. The number of fused-ring (bicyclic) bond motifs is 5. The van der Waals surface area contributed by atoms with Crippen molar-refractivity contribution < 1.29 is 37.0 Å². The molecule has 0 aliphatic rings. The molecule has 0 aliphatic carbocycles. The van der Waals surface area contributed by atoms with Crippen LogP contribution in [0.1, 0.15) is 57.5 Å². The summed E-state index contributed by atoms with van der Waals surface area (Å²) in [7, 11) is 0. The maximum atomic E-state index is 13.7. The van der Waals surface area contributed by atoms with E-state index in [1.807, 2.05) is 117 Å². The lowest BCUT2D eigenvalue weighted by atomic mass is 9.88. The van der Waals surface area contributed by atoms with Crippen LogP contribution in [-0.4, -0.2) is 46.9 Å². The molecular weight excluding hydrogens is 660 g/mol. The predicted molar refractivity (Wildman–Crippen MR) is 192 cm³/mol. The molecule has 6 rings (SSSR count).